The first-order valence-electron chi connectivity index (χ1n) is 6.63. The minimum atomic E-state index is -3.67. The van der Waals surface area contributed by atoms with Gasteiger partial charge in [-0.2, -0.15) is 4.31 Å². The van der Waals surface area contributed by atoms with Crippen molar-refractivity contribution in [3.8, 4) is 0 Å². The van der Waals surface area contributed by atoms with Crippen LogP contribution in [0.1, 0.15) is 6.92 Å². The van der Waals surface area contributed by atoms with Gasteiger partial charge in [-0.05, 0) is 24.3 Å². The normalized spacial score (nSPS) is 15.3. The number of anilines is 1. The Bertz CT molecular complexity index is 723. The van der Waals surface area contributed by atoms with Crippen LogP contribution in [0.15, 0.2) is 40.8 Å². The van der Waals surface area contributed by atoms with Crippen LogP contribution in [0.5, 0.6) is 0 Å². The number of rotatable bonds is 4. The molecule has 0 saturated heterocycles. The highest BCUT2D eigenvalue weighted by atomic mass is 32.2. The summed E-state index contributed by atoms with van der Waals surface area (Å²) in [5, 5.41) is 5.05. The summed E-state index contributed by atoms with van der Waals surface area (Å²) < 4.78 is 26.2. The van der Waals surface area contributed by atoms with Gasteiger partial charge in [0.1, 0.15) is 0 Å². The molecule has 0 fully saturated rings. The van der Waals surface area contributed by atoms with E-state index in [0.29, 0.717) is 11.3 Å². The zero-order valence-electron chi connectivity index (χ0n) is 12.3. The predicted octanol–water partition coefficient (Wildman–Crippen LogP) is 0.322. The lowest BCUT2D eigenvalue weighted by Crippen LogP contribution is -2.31. The summed E-state index contributed by atoms with van der Waals surface area (Å²) in [6, 6.07) is 5.91. The molecular formula is C14H17N3O4S. The Morgan fingerprint density at radius 3 is 2.36 bits per heavy atom. The third kappa shape index (κ3) is 3.34. The molecule has 0 aromatic heterocycles. The second-order valence-electron chi connectivity index (χ2n) is 4.81. The third-order valence-electron chi connectivity index (χ3n) is 3.22. The molecule has 0 spiro atoms. The molecule has 0 aliphatic carbocycles. The zero-order valence-corrected chi connectivity index (χ0v) is 13.1. The second kappa shape index (κ2) is 6.29. The van der Waals surface area contributed by atoms with Gasteiger partial charge in [0.2, 0.25) is 21.8 Å². The van der Waals surface area contributed by atoms with Crippen molar-refractivity contribution in [2.45, 2.75) is 11.8 Å². The standard InChI is InChI=1S/C14H17N3O4S/c1-10(18)16-12-3-5-13(6-4-12)22(20,21)17-8-7-11(9-17)14(19)15-2/h3-7H,8-9H2,1-2H3,(H,15,19)(H,16,18). The molecule has 118 valence electrons. The van der Waals surface area contributed by atoms with Crippen molar-refractivity contribution in [3.63, 3.8) is 0 Å². The summed E-state index contributed by atoms with van der Waals surface area (Å²) in [4.78, 5) is 22.6. The molecule has 2 N–H and O–H groups in total. The lowest BCUT2D eigenvalue weighted by Gasteiger charge is -2.16. The third-order valence-corrected chi connectivity index (χ3v) is 5.05. The first-order valence-corrected chi connectivity index (χ1v) is 8.07. The Kier molecular flexibility index (Phi) is 4.62. The quantitative estimate of drug-likeness (QED) is 0.834. The summed E-state index contributed by atoms with van der Waals surface area (Å²) in [6.45, 7) is 1.59. The molecule has 7 nitrogen and oxygen atoms in total. The van der Waals surface area contributed by atoms with Crippen LogP contribution in [-0.4, -0.2) is 44.7 Å². The van der Waals surface area contributed by atoms with E-state index >= 15 is 0 Å². The van der Waals surface area contributed by atoms with Crippen LogP contribution in [0.3, 0.4) is 0 Å². The van der Waals surface area contributed by atoms with E-state index < -0.39 is 10.0 Å². The Hall–Kier alpha value is -2.19. The fourth-order valence-electron chi connectivity index (χ4n) is 2.10. The highest BCUT2D eigenvalue weighted by molar-refractivity contribution is 7.89. The van der Waals surface area contributed by atoms with E-state index in [-0.39, 0.29) is 29.8 Å². The maximum absolute atomic E-state index is 12.5. The maximum Gasteiger partial charge on any atom is 0.248 e. The summed E-state index contributed by atoms with van der Waals surface area (Å²) in [5.41, 5.74) is 0.956. The topological polar surface area (TPSA) is 95.6 Å². The summed E-state index contributed by atoms with van der Waals surface area (Å²) in [5.74, 6) is -0.506. The van der Waals surface area contributed by atoms with Crippen LogP contribution >= 0.6 is 0 Å². The zero-order chi connectivity index (χ0) is 16.3. The number of nitrogens with zero attached hydrogens (tertiary/aromatic N) is 1. The van der Waals surface area contributed by atoms with Crippen molar-refractivity contribution in [1.82, 2.24) is 9.62 Å². The van der Waals surface area contributed by atoms with Crippen molar-refractivity contribution < 1.29 is 18.0 Å². The molecule has 8 heteroatoms. The fraction of sp³-hybridized carbons (Fsp3) is 0.286. The highest BCUT2D eigenvalue weighted by Crippen LogP contribution is 2.22. The number of likely N-dealkylation sites (N-methyl/N-ethyl adjacent to an activating group) is 1. The van der Waals surface area contributed by atoms with E-state index in [1.807, 2.05) is 0 Å². The van der Waals surface area contributed by atoms with E-state index in [2.05, 4.69) is 10.6 Å². The second-order valence-corrected chi connectivity index (χ2v) is 6.75. The highest BCUT2D eigenvalue weighted by Gasteiger charge is 2.29. The van der Waals surface area contributed by atoms with Crippen LogP contribution < -0.4 is 10.6 Å². The van der Waals surface area contributed by atoms with Gasteiger partial charge in [-0.1, -0.05) is 6.08 Å². The monoisotopic (exact) mass is 323 g/mol. The van der Waals surface area contributed by atoms with Crippen LogP contribution in [0.2, 0.25) is 0 Å². The first kappa shape index (κ1) is 16.2. The number of carbonyl (C=O) groups is 2. The van der Waals surface area contributed by atoms with E-state index in [4.69, 9.17) is 0 Å². The van der Waals surface area contributed by atoms with Gasteiger partial charge < -0.3 is 10.6 Å². The van der Waals surface area contributed by atoms with Crippen molar-refractivity contribution in [1.29, 1.82) is 0 Å². The average Bonchev–Trinajstić information content (AvgIpc) is 2.97. The first-order chi connectivity index (χ1) is 10.3. The fourth-order valence-corrected chi connectivity index (χ4v) is 3.46. The number of carbonyl (C=O) groups excluding carboxylic acids is 2. The molecule has 1 aromatic carbocycles. The van der Waals surface area contributed by atoms with Crippen molar-refractivity contribution in [2.24, 2.45) is 0 Å². The number of sulfonamides is 1. The molecule has 0 atom stereocenters. The predicted molar refractivity (Wildman–Crippen MR) is 81.7 cm³/mol. The molecular weight excluding hydrogens is 306 g/mol. The molecule has 0 bridgehead atoms. The van der Waals surface area contributed by atoms with Crippen LogP contribution in [0.25, 0.3) is 0 Å². The van der Waals surface area contributed by atoms with Crippen molar-refractivity contribution in [3.05, 3.63) is 35.9 Å². The molecule has 0 saturated carbocycles. The number of benzene rings is 1. The Morgan fingerprint density at radius 1 is 1.18 bits per heavy atom. The van der Waals surface area contributed by atoms with E-state index in [1.54, 1.807) is 6.08 Å². The van der Waals surface area contributed by atoms with Gasteiger partial charge in [0.25, 0.3) is 0 Å². The number of hydrogen-bond donors (Lipinski definition) is 2. The van der Waals surface area contributed by atoms with Crippen molar-refractivity contribution >= 4 is 27.5 Å². The molecule has 1 aliphatic rings. The molecule has 1 aromatic rings. The van der Waals surface area contributed by atoms with E-state index in [9.17, 15) is 18.0 Å². The van der Waals surface area contributed by atoms with Gasteiger partial charge in [-0.15, -0.1) is 0 Å². The Balaban J connectivity index is 2.15. The number of nitrogens with one attached hydrogen (secondary N) is 2. The Morgan fingerprint density at radius 2 is 1.82 bits per heavy atom. The molecule has 1 aliphatic heterocycles. The molecule has 0 unspecified atom stereocenters. The summed E-state index contributed by atoms with van der Waals surface area (Å²) in [6.07, 6.45) is 1.60. The van der Waals surface area contributed by atoms with E-state index in [1.165, 1.54) is 42.5 Å². The average molecular weight is 323 g/mol. The largest absolute Gasteiger partial charge is 0.355 e. The minimum Gasteiger partial charge on any atom is -0.355 e. The maximum atomic E-state index is 12.5. The van der Waals surface area contributed by atoms with Crippen molar-refractivity contribution in [2.75, 3.05) is 25.5 Å². The SMILES string of the molecule is CNC(=O)C1=CCN(S(=O)(=O)c2ccc(NC(C)=O)cc2)C1. The van der Waals surface area contributed by atoms with Gasteiger partial charge >= 0.3 is 0 Å². The summed E-state index contributed by atoms with van der Waals surface area (Å²) in [7, 11) is -2.17. The molecule has 1 heterocycles. The smallest absolute Gasteiger partial charge is 0.248 e. The van der Waals surface area contributed by atoms with Gasteiger partial charge in [0, 0.05) is 38.3 Å². The Labute approximate surface area is 129 Å². The number of hydrogen-bond acceptors (Lipinski definition) is 4. The lowest BCUT2D eigenvalue weighted by atomic mass is 10.3. The van der Waals surface area contributed by atoms with Gasteiger partial charge in [-0.25, -0.2) is 8.42 Å². The minimum absolute atomic E-state index is 0.0510. The molecule has 2 rings (SSSR count). The van der Waals surface area contributed by atoms with Gasteiger partial charge in [0.15, 0.2) is 0 Å². The van der Waals surface area contributed by atoms with Gasteiger partial charge in [-0.3, -0.25) is 9.59 Å². The molecule has 2 amide bonds. The lowest BCUT2D eigenvalue weighted by molar-refractivity contribution is -0.117. The van der Waals surface area contributed by atoms with Crippen LogP contribution in [-0.2, 0) is 19.6 Å². The van der Waals surface area contributed by atoms with E-state index in [0.717, 1.165) is 0 Å². The van der Waals surface area contributed by atoms with Crippen LogP contribution in [0, 0.1) is 0 Å². The van der Waals surface area contributed by atoms with Crippen LogP contribution in [0.4, 0.5) is 5.69 Å². The molecule has 0 radical (unpaired) electrons. The molecule has 22 heavy (non-hydrogen) atoms. The summed E-state index contributed by atoms with van der Waals surface area (Å²) >= 11 is 0. The number of amides is 2. The van der Waals surface area contributed by atoms with Gasteiger partial charge in [0.05, 0.1) is 4.90 Å².